The van der Waals surface area contributed by atoms with Gasteiger partial charge >= 0.3 is 0 Å². The van der Waals surface area contributed by atoms with Gasteiger partial charge in [0.25, 0.3) is 0 Å². The SMILES string of the molecule is COc1ccc(F)cc1S(=O)(=O)N1CCC[C@H](C(=O)Nc2ccc(Cl)cc2C(=O)c2ccccc2)C1. The molecule has 1 fully saturated rings. The number of hydrogen-bond acceptors (Lipinski definition) is 5. The number of sulfonamides is 1. The van der Waals surface area contributed by atoms with E-state index in [1.807, 2.05) is 0 Å². The maximum absolute atomic E-state index is 13.8. The summed E-state index contributed by atoms with van der Waals surface area (Å²) in [6, 6.07) is 16.5. The summed E-state index contributed by atoms with van der Waals surface area (Å²) in [7, 11) is -2.81. The van der Waals surface area contributed by atoms with Crippen LogP contribution in [0.15, 0.2) is 71.6 Å². The van der Waals surface area contributed by atoms with E-state index in [1.54, 1.807) is 42.5 Å². The molecule has 1 heterocycles. The van der Waals surface area contributed by atoms with E-state index in [1.165, 1.54) is 19.2 Å². The number of nitrogens with one attached hydrogen (secondary N) is 1. The number of rotatable bonds is 7. The predicted octanol–water partition coefficient (Wildman–Crippen LogP) is 4.76. The molecule has 0 spiro atoms. The monoisotopic (exact) mass is 530 g/mol. The Hall–Kier alpha value is -3.27. The first-order chi connectivity index (χ1) is 17.2. The molecule has 0 unspecified atom stereocenters. The Kier molecular flexibility index (Phi) is 7.73. The number of amides is 1. The molecule has 3 aromatic carbocycles. The van der Waals surface area contributed by atoms with Crippen LogP contribution < -0.4 is 10.1 Å². The van der Waals surface area contributed by atoms with Crippen LogP contribution in [0.25, 0.3) is 0 Å². The number of carbonyl (C=O) groups excluding carboxylic acids is 2. The summed E-state index contributed by atoms with van der Waals surface area (Å²) in [5.41, 5.74) is 0.950. The van der Waals surface area contributed by atoms with Gasteiger partial charge in [-0.15, -0.1) is 0 Å². The molecule has 10 heteroatoms. The van der Waals surface area contributed by atoms with E-state index >= 15 is 0 Å². The van der Waals surface area contributed by atoms with Crippen LogP contribution in [0.2, 0.25) is 5.02 Å². The van der Waals surface area contributed by atoms with Crippen molar-refractivity contribution in [1.29, 1.82) is 0 Å². The van der Waals surface area contributed by atoms with Crippen LogP contribution >= 0.6 is 11.6 Å². The molecule has 4 rings (SSSR count). The van der Waals surface area contributed by atoms with Crippen molar-refractivity contribution in [3.05, 3.63) is 88.7 Å². The first-order valence-corrected chi connectivity index (χ1v) is 13.1. The van der Waals surface area contributed by atoms with Gasteiger partial charge in [0.2, 0.25) is 15.9 Å². The second-order valence-corrected chi connectivity index (χ2v) is 10.7. The summed E-state index contributed by atoms with van der Waals surface area (Å²) >= 11 is 6.12. The number of hydrogen-bond donors (Lipinski definition) is 1. The summed E-state index contributed by atoms with van der Waals surface area (Å²) in [6.07, 6.45) is 0.888. The zero-order valence-electron chi connectivity index (χ0n) is 19.4. The molecule has 188 valence electrons. The molecule has 0 bridgehead atoms. The van der Waals surface area contributed by atoms with Gasteiger partial charge in [-0.05, 0) is 49.2 Å². The number of ether oxygens (including phenoxy) is 1. The first-order valence-electron chi connectivity index (χ1n) is 11.2. The third-order valence-electron chi connectivity index (χ3n) is 6.02. The van der Waals surface area contributed by atoms with Gasteiger partial charge in [-0.3, -0.25) is 9.59 Å². The lowest BCUT2D eigenvalue weighted by Crippen LogP contribution is -2.43. The highest BCUT2D eigenvalue weighted by Crippen LogP contribution is 2.31. The number of carbonyl (C=O) groups is 2. The van der Waals surface area contributed by atoms with Gasteiger partial charge in [-0.1, -0.05) is 41.9 Å². The number of anilines is 1. The Balaban J connectivity index is 1.56. The van der Waals surface area contributed by atoms with Gasteiger partial charge in [-0.2, -0.15) is 4.31 Å². The quantitative estimate of drug-likeness (QED) is 0.445. The molecule has 3 aromatic rings. The molecule has 36 heavy (non-hydrogen) atoms. The van der Waals surface area contributed by atoms with E-state index in [0.29, 0.717) is 23.4 Å². The summed E-state index contributed by atoms with van der Waals surface area (Å²) < 4.78 is 46.7. The van der Waals surface area contributed by atoms with Crippen molar-refractivity contribution in [3.63, 3.8) is 0 Å². The fourth-order valence-corrected chi connectivity index (χ4v) is 6.02. The fraction of sp³-hybridized carbons (Fsp3) is 0.231. The minimum absolute atomic E-state index is 0.0215. The summed E-state index contributed by atoms with van der Waals surface area (Å²) in [4.78, 5) is 26.0. The zero-order valence-corrected chi connectivity index (χ0v) is 21.0. The lowest BCUT2D eigenvalue weighted by molar-refractivity contribution is -0.120. The Bertz CT molecular complexity index is 1400. The molecule has 1 atom stereocenters. The van der Waals surface area contributed by atoms with E-state index in [0.717, 1.165) is 16.4 Å². The van der Waals surface area contributed by atoms with Crippen LogP contribution in [0.1, 0.15) is 28.8 Å². The number of piperidine rings is 1. The number of ketones is 1. The number of methoxy groups -OCH3 is 1. The molecule has 1 saturated heterocycles. The van der Waals surface area contributed by atoms with Crippen LogP contribution in [-0.2, 0) is 14.8 Å². The Morgan fingerprint density at radius 1 is 1.08 bits per heavy atom. The van der Waals surface area contributed by atoms with Crippen molar-refractivity contribution in [1.82, 2.24) is 4.31 Å². The topological polar surface area (TPSA) is 92.8 Å². The molecule has 1 aliphatic rings. The number of nitrogens with zero attached hydrogens (tertiary/aromatic N) is 1. The zero-order chi connectivity index (χ0) is 25.9. The van der Waals surface area contributed by atoms with Gasteiger partial charge in [0.1, 0.15) is 16.5 Å². The van der Waals surface area contributed by atoms with Crippen molar-refractivity contribution in [2.75, 3.05) is 25.5 Å². The summed E-state index contributed by atoms with van der Waals surface area (Å²) in [5, 5.41) is 3.12. The maximum atomic E-state index is 13.8. The van der Waals surface area contributed by atoms with E-state index in [-0.39, 0.29) is 40.8 Å². The molecule has 0 radical (unpaired) electrons. The second-order valence-electron chi connectivity index (χ2n) is 8.37. The minimum Gasteiger partial charge on any atom is -0.495 e. The third-order valence-corrected chi connectivity index (χ3v) is 8.14. The third kappa shape index (κ3) is 5.43. The molecule has 7 nitrogen and oxygen atoms in total. The smallest absolute Gasteiger partial charge is 0.246 e. The van der Waals surface area contributed by atoms with Crippen molar-refractivity contribution in [3.8, 4) is 5.75 Å². The van der Waals surface area contributed by atoms with Crippen LogP contribution in [0.5, 0.6) is 5.75 Å². The highest BCUT2D eigenvalue weighted by Gasteiger charge is 2.35. The minimum atomic E-state index is -4.11. The van der Waals surface area contributed by atoms with Crippen LogP contribution in [-0.4, -0.2) is 44.6 Å². The van der Waals surface area contributed by atoms with Gasteiger partial charge in [-0.25, -0.2) is 12.8 Å². The Morgan fingerprint density at radius 3 is 2.56 bits per heavy atom. The van der Waals surface area contributed by atoms with Crippen molar-refractivity contribution < 1.29 is 27.1 Å². The molecule has 1 N–H and O–H groups in total. The fourth-order valence-electron chi connectivity index (χ4n) is 4.16. The standard InChI is InChI=1S/C26H24ClFN2O5S/c1-35-23-12-10-20(28)15-24(23)36(33,34)30-13-5-8-18(16-30)26(32)29-22-11-9-19(27)14-21(22)25(31)17-6-3-2-4-7-17/h2-4,6-7,9-12,14-15,18H,5,8,13,16H2,1H3,(H,29,32)/t18-/m0/s1. The maximum Gasteiger partial charge on any atom is 0.246 e. The summed E-state index contributed by atoms with van der Waals surface area (Å²) in [6.45, 7) is 0.0911. The van der Waals surface area contributed by atoms with Gasteiger partial charge in [0.15, 0.2) is 5.78 Å². The lowest BCUT2D eigenvalue weighted by Gasteiger charge is -2.31. The number of halogens is 2. The van der Waals surface area contributed by atoms with Crippen LogP contribution in [0.3, 0.4) is 0 Å². The Morgan fingerprint density at radius 2 is 1.83 bits per heavy atom. The average molecular weight is 531 g/mol. The predicted molar refractivity (Wildman–Crippen MR) is 134 cm³/mol. The second kappa shape index (κ2) is 10.8. The summed E-state index contributed by atoms with van der Waals surface area (Å²) in [5.74, 6) is -2.10. The normalized spacial score (nSPS) is 16.4. The van der Waals surface area contributed by atoms with Crippen molar-refractivity contribution in [2.24, 2.45) is 5.92 Å². The highest BCUT2D eigenvalue weighted by atomic mass is 35.5. The van der Waals surface area contributed by atoms with Gasteiger partial charge in [0, 0.05) is 29.2 Å². The van der Waals surface area contributed by atoms with Gasteiger partial charge < -0.3 is 10.1 Å². The van der Waals surface area contributed by atoms with E-state index in [9.17, 15) is 22.4 Å². The highest BCUT2D eigenvalue weighted by molar-refractivity contribution is 7.89. The number of benzene rings is 3. The average Bonchev–Trinajstić information content (AvgIpc) is 2.89. The molecular weight excluding hydrogens is 507 g/mol. The van der Waals surface area contributed by atoms with E-state index in [2.05, 4.69) is 5.32 Å². The molecule has 0 saturated carbocycles. The van der Waals surface area contributed by atoms with E-state index < -0.39 is 27.7 Å². The molecule has 0 aromatic heterocycles. The van der Waals surface area contributed by atoms with Crippen molar-refractivity contribution >= 4 is 39.0 Å². The molecule has 1 amide bonds. The van der Waals surface area contributed by atoms with Crippen LogP contribution in [0.4, 0.5) is 10.1 Å². The molecular formula is C26H24ClFN2O5S. The Labute approximate surface area is 213 Å². The largest absolute Gasteiger partial charge is 0.495 e. The van der Waals surface area contributed by atoms with Crippen LogP contribution in [0, 0.1) is 11.7 Å². The lowest BCUT2D eigenvalue weighted by atomic mass is 9.97. The molecule has 1 aliphatic heterocycles. The first kappa shape index (κ1) is 25.8. The molecule has 0 aliphatic carbocycles. The van der Waals surface area contributed by atoms with Gasteiger partial charge in [0.05, 0.1) is 18.7 Å². The van der Waals surface area contributed by atoms with E-state index in [4.69, 9.17) is 16.3 Å². The van der Waals surface area contributed by atoms with Crippen molar-refractivity contribution in [2.45, 2.75) is 17.7 Å².